The Kier molecular flexibility index (Phi) is 6.79. The van der Waals surface area contributed by atoms with E-state index in [9.17, 15) is 9.59 Å². The molecule has 1 aliphatic heterocycles. The fraction of sp³-hybridized carbons (Fsp3) is 0.357. The summed E-state index contributed by atoms with van der Waals surface area (Å²) >= 11 is 0. The van der Waals surface area contributed by atoms with E-state index in [0.717, 1.165) is 0 Å². The van der Waals surface area contributed by atoms with Gasteiger partial charge >= 0.3 is 11.9 Å². The van der Waals surface area contributed by atoms with Gasteiger partial charge in [-0.15, -0.1) is 0 Å². The van der Waals surface area contributed by atoms with Gasteiger partial charge in [-0.3, -0.25) is 5.32 Å². The normalized spacial score (nSPS) is 17.0. The van der Waals surface area contributed by atoms with Crippen molar-refractivity contribution in [2.75, 3.05) is 20.3 Å². The number of amidine groups is 1. The lowest BCUT2D eigenvalue weighted by molar-refractivity contribution is -0.138. The summed E-state index contributed by atoms with van der Waals surface area (Å²) in [5, 5.41) is 23.4. The van der Waals surface area contributed by atoms with Crippen molar-refractivity contribution in [3.05, 3.63) is 22.8 Å². The Balaban J connectivity index is 3.41. The van der Waals surface area contributed by atoms with Gasteiger partial charge in [0.2, 0.25) is 0 Å². The highest BCUT2D eigenvalue weighted by atomic mass is 16.5. The molecule has 10 nitrogen and oxygen atoms in total. The molecule has 0 radical (unpaired) electrons. The molecule has 0 saturated heterocycles. The van der Waals surface area contributed by atoms with E-state index >= 15 is 0 Å². The number of carbonyl (C=O) groups is 2. The molecule has 10 heteroatoms. The molecule has 24 heavy (non-hydrogen) atoms. The van der Waals surface area contributed by atoms with Crippen molar-refractivity contribution < 1.29 is 23.8 Å². The molecule has 0 spiro atoms. The maximum absolute atomic E-state index is 11.8. The second-order valence-corrected chi connectivity index (χ2v) is 4.01. The number of nitrogens with one attached hydrogen (secondary N) is 2. The monoisotopic (exact) mass is 333 g/mol. The second kappa shape index (κ2) is 8.80. The average Bonchev–Trinajstić information content (AvgIpc) is 2.56. The highest BCUT2D eigenvalue weighted by molar-refractivity contribution is 5.96. The predicted octanol–water partition coefficient (Wildman–Crippen LogP) is -0.222. The quantitative estimate of drug-likeness (QED) is 0.405. The van der Waals surface area contributed by atoms with Crippen LogP contribution in [-0.4, -0.2) is 38.3 Å². The molecule has 0 bridgehead atoms. The molecule has 0 unspecified atom stereocenters. The summed E-state index contributed by atoms with van der Waals surface area (Å²) in [6.07, 6.45) is 0. The first kappa shape index (κ1) is 18.5. The van der Waals surface area contributed by atoms with E-state index in [1.165, 1.54) is 7.11 Å². The van der Waals surface area contributed by atoms with E-state index in [4.69, 9.17) is 24.7 Å². The number of hydrogen-bond acceptors (Lipinski definition) is 10. The van der Waals surface area contributed by atoms with Crippen molar-refractivity contribution in [3.8, 4) is 12.1 Å². The van der Waals surface area contributed by atoms with Crippen LogP contribution in [0.15, 0.2) is 27.8 Å². The van der Waals surface area contributed by atoms with Gasteiger partial charge in [0.1, 0.15) is 18.0 Å². The number of ether oxygens (including phenoxy) is 3. The SMILES string of the molecule is CCOC(=O)/C(C#N)=C1\NC(OC)=N/C(=C(\C#N)C(=O)OCC)N1. The Labute approximate surface area is 138 Å². The van der Waals surface area contributed by atoms with Crippen LogP contribution in [0, 0.1) is 22.7 Å². The first-order valence-electron chi connectivity index (χ1n) is 6.81. The van der Waals surface area contributed by atoms with Gasteiger partial charge in [0, 0.05) is 0 Å². The van der Waals surface area contributed by atoms with Crippen molar-refractivity contribution in [3.63, 3.8) is 0 Å². The van der Waals surface area contributed by atoms with Crippen molar-refractivity contribution in [1.82, 2.24) is 10.6 Å². The van der Waals surface area contributed by atoms with Gasteiger partial charge in [0.05, 0.1) is 20.3 Å². The Bertz CT molecular complexity index is 708. The van der Waals surface area contributed by atoms with E-state index in [0.29, 0.717) is 0 Å². The van der Waals surface area contributed by atoms with E-state index in [-0.39, 0.29) is 30.9 Å². The summed E-state index contributed by atoms with van der Waals surface area (Å²) in [6, 6.07) is 3.21. The Morgan fingerprint density at radius 1 is 1.04 bits per heavy atom. The van der Waals surface area contributed by atoms with Gasteiger partial charge in [0.25, 0.3) is 6.02 Å². The van der Waals surface area contributed by atoms with Crippen LogP contribution in [-0.2, 0) is 23.8 Å². The fourth-order valence-corrected chi connectivity index (χ4v) is 1.56. The topological polar surface area (TPSA) is 146 Å². The minimum Gasteiger partial charge on any atom is -0.468 e. The zero-order valence-corrected chi connectivity index (χ0v) is 13.3. The summed E-state index contributed by atoms with van der Waals surface area (Å²) < 4.78 is 14.5. The molecular formula is C14H15N5O5. The van der Waals surface area contributed by atoms with Crippen LogP contribution < -0.4 is 10.6 Å². The molecule has 1 rings (SSSR count). The lowest BCUT2D eigenvalue weighted by atomic mass is 10.2. The summed E-state index contributed by atoms with van der Waals surface area (Å²) in [7, 11) is 1.28. The molecule has 0 aromatic heterocycles. The van der Waals surface area contributed by atoms with Crippen molar-refractivity contribution in [2.45, 2.75) is 13.8 Å². The molecule has 0 atom stereocenters. The number of nitriles is 2. The Hall–Kier alpha value is -3.53. The van der Waals surface area contributed by atoms with Gasteiger partial charge in [-0.05, 0) is 13.8 Å². The maximum Gasteiger partial charge on any atom is 0.352 e. The van der Waals surface area contributed by atoms with Crippen molar-refractivity contribution in [1.29, 1.82) is 10.5 Å². The minimum atomic E-state index is -0.905. The lowest BCUT2D eigenvalue weighted by Crippen LogP contribution is -2.40. The van der Waals surface area contributed by atoms with Crippen LogP contribution in [0.1, 0.15) is 13.8 Å². The number of nitrogens with zero attached hydrogens (tertiary/aromatic N) is 3. The molecule has 2 N–H and O–H groups in total. The van der Waals surface area contributed by atoms with Gasteiger partial charge in [0.15, 0.2) is 17.0 Å². The van der Waals surface area contributed by atoms with Crippen LogP contribution >= 0.6 is 0 Å². The summed E-state index contributed by atoms with van der Waals surface area (Å²) in [4.78, 5) is 27.5. The predicted molar refractivity (Wildman–Crippen MR) is 79.3 cm³/mol. The zero-order valence-electron chi connectivity index (χ0n) is 13.3. The molecule has 0 aromatic carbocycles. The van der Waals surface area contributed by atoms with Crippen LogP contribution in [0.4, 0.5) is 0 Å². The molecule has 0 amide bonds. The molecule has 0 aliphatic carbocycles. The van der Waals surface area contributed by atoms with Crippen molar-refractivity contribution in [2.24, 2.45) is 4.99 Å². The lowest BCUT2D eigenvalue weighted by Gasteiger charge is -2.21. The smallest absolute Gasteiger partial charge is 0.352 e. The van der Waals surface area contributed by atoms with Gasteiger partial charge in [-0.2, -0.15) is 15.5 Å². The number of aliphatic imine (C=N–C) groups is 1. The number of methoxy groups -OCH3 is 1. The van der Waals surface area contributed by atoms with Gasteiger partial charge in [-0.1, -0.05) is 0 Å². The number of hydrogen-bond donors (Lipinski definition) is 2. The number of carbonyl (C=O) groups excluding carboxylic acids is 2. The van der Waals surface area contributed by atoms with E-state index in [1.54, 1.807) is 26.0 Å². The van der Waals surface area contributed by atoms with Crippen molar-refractivity contribution >= 4 is 18.0 Å². The summed E-state index contributed by atoms with van der Waals surface area (Å²) in [6.45, 7) is 3.29. The highest BCUT2D eigenvalue weighted by Gasteiger charge is 2.26. The fourth-order valence-electron chi connectivity index (χ4n) is 1.56. The Morgan fingerprint density at radius 2 is 1.58 bits per heavy atom. The highest BCUT2D eigenvalue weighted by Crippen LogP contribution is 2.14. The molecule has 0 saturated carbocycles. The van der Waals surface area contributed by atoms with Crippen LogP contribution in [0.3, 0.4) is 0 Å². The second-order valence-electron chi connectivity index (χ2n) is 4.01. The number of esters is 2. The molecule has 0 fully saturated rings. The third kappa shape index (κ3) is 4.24. The van der Waals surface area contributed by atoms with E-state index in [2.05, 4.69) is 15.6 Å². The molecule has 126 valence electrons. The van der Waals surface area contributed by atoms with E-state index < -0.39 is 23.1 Å². The first-order chi connectivity index (χ1) is 11.5. The minimum absolute atomic E-state index is 0.0609. The zero-order chi connectivity index (χ0) is 18.1. The molecule has 1 aliphatic rings. The van der Waals surface area contributed by atoms with Gasteiger partial charge in [-0.25, -0.2) is 9.59 Å². The summed E-state index contributed by atoms with van der Waals surface area (Å²) in [5.74, 6) is -2.15. The summed E-state index contributed by atoms with van der Waals surface area (Å²) in [5.41, 5.74) is -0.841. The standard InChI is InChI=1S/C14H15N5O5/c1-4-23-12(20)8(6-15)10-17-11(19-14(18-10)22-3)9(7-16)13(21)24-5-2/h17H,4-5H2,1-3H3,(H,18,19)/b10-8-,11-9+. The average molecular weight is 333 g/mol. The van der Waals surface area contributed by atoms with E-state index in [1.807, 2.05) is 0 Å². The number of rotatable bonds is 4. The van der Waals surface area contributed by atoms with Crippen LogP contribution in [0.5, 0.6) is 0 Å². The molecular weight excluding hydrogens is 318 g/mol. The Morgan fingerprint density at radius 3 is 2.04 bits per heavy atom. The van der Waals surface area contributed by atoms with Crippen LogP contribution in [0.2, 0.25) is 0 Å². The molecule has 1 heterocycles. The van der Waals surface area contributed by atoms with Gasteiger partial charge < -0.3 is 19.5 Å². The maximum atomic E-state index is 11.8. The first-order valence-corrected chi connectivity index (χ1v) is 6.81. The van der Waals surface area contributed by atoms with Crippen LogP contribution in [0.25, 0.3) is 0 Å². The third-order valence-corrected chi connectivity index (χ3v) is 2.55. The largest absolute Gasteiger partial charge is 0.468 e. The third-order valence-electron chi connectivity index (χ3n) is 2.55. The molecule has 0 aromatic rings.